The molecule has 7 heteroatoms. The van der Waals surface area contributed by atoms with Crippen molar-refractivity contribution in [2.75, 3.05) is 32.7 Å². The summed E-state index contributed by atoms with van der Waals surface area (Å²) in [5.41, 5.74) is 1.85. The number of ketones is 1. The second-order valence-electron chi connectivity index (χ2n) is 9.27. The first-order valence-electron chi connectivity index (χ1n) is 11.6. The Kier molecular flexibility index (Phi) is 7.12. The molecule has 1 N–H and O–H groups in total. The number of Topliss-reactive ketones (excluding diaryl/α,β-unsaturated/α-hetero) is 1. The molecule has 31 heavy (non-hydrogen) atoms. The van der Waals surface area contributed by atoms with Gasteiger partial charge >= 0.3 is 0 Å². The van der Waals surface area contributed by atoms with Gasteiger partial charge in [0.2, 0.25) is 0 Å². The average Bonchev–Trinajstić information content (AvgIpc) is 3.43. The number of carbonyl (C=O) groups excluding carboxylic acids is 2. The molecule has 1 aromatic heterocycles. The number of nitrogens with one attached hydrogen (secondary N) is 1. The van der Waals surface area contributed by atoms with Crippen molar-refractivity contribution in [3.05, 3.63) is 33.5 Å². The van der Waals surface area contributed by atoms with Gasteiger partial charge in [-0.05, 0) is 88.1 Å². The lowest BCUT2D eigenvalue weighted by Crippen LogP contribution is -2.45. The fraction of sp³-hybridized carbons (Fsp3) is 0.625. The van der Waals surface area contributed by atoms with Crippen molar-refractivity contribution in [3.63, 3.8) is 0 Å². The van der Waals surface area contributed by atoms with Crippen molar-refractivity contribution in [3.8, 4) is 0 Å². The predicted molar refractivity (Wildman–Crippen MR) is 130 cm³/mol. The number of hydrogen-bond acceptors (Lipinski definition) is 4. The van der Waals surface area contributed by atoms with Crippen LogP contribution in [0.3, 0.4) is 0 Å². The Morgan fingerprint density at radius 3 is 2.45 bits per heavy atom. The Labute approximate surface area is 194 Å². The lowest BCUT2D eigenvalue weighted by Gasteiger charge is -2.39. The quantitative estimate of drug-likeness (QED) is 0.395. The van der Waals surface area contributed by atoms with Crippen LogP contribution in [0.25, 0.3) is 0 Å². The molecule has 0 aromatic carbocycles. The van der Waals surface area contributed by atoms with Gasteiger partial charge < -0.3 is 15.1 Å². The van der Waals surface area contributed by atoms with E-state index in [-0.39, 0.29) is 17.1 Å². The Bertz CT molecular complexity index is 868. The zero-order chi connectivity index (χ0) is 21.8. The van der Waals surface area contributed by atoms with E-state index >= 15 is 0 Å². The summed E-state index contributed by atoms with van der Waals surface area (Å²) in [6, 6.07) is 3.55. The third kappa shape index (κ3) is 5.37. The molecule has 3 heterocycles. The van der Waals surface area contributed by atoms with Crippen LogP contribution in [0.1, 0.15) is 77.6 Å². The van der Waals surface area contributed by atoms with Gasteiger partial charge in [0.25, 0.3) is 5.91 Å². The highest BCUT2D eigenvalue weighted by molar-refractivity contribution is 7.80. The van der Waals surface area contributed by atoms with Gasteiger partial charge in [0.05, 0.1) is 9.75 Å². The molecule has 2 saturated heterocycles. The van der Waals surface area contributed by atoms with Crippen molar-refractivity contribution in [1.82, 2.24) is 15.1 Å². The third-order valence-corrected chi connectivity index (χ3v) is 8.68. The number of thiocarbonyl (C=S) groups is 1. The zero-order valence-electron chi connectivity index (χ0n) is 18.5. The second-order valence-corrected chi connectivity index (χ2v) is 10.7. The lowest BCUT2D eigenvalue weighted by molar-refractivity contribution is 0.0603. The maximum absolute atomic E-state index is 12.8. The lowest BCUT2D eigenvalue weighted by atomic mass is 9.78. The van der Waals surface area contributed by atoms with E-state index in [4.69, 9.17) is 12.2 Å². The summed E-state index contributed by atoms with van der Waals surface area (Å²) in [7, 11) is 0. The molecule has 3 aliphatic rings. The molecule has 2 aliphatic heterocycles. The van der Waals surface area contributed by atoms with Crippen molar-refractivity contribution < 1.29 is 9.59 Å². The first kappa shape index (κ1) is 22.5. The van der Waals surface area contributed by atoms with Crippen LogP contribution in [0.4, 0.5) is 0 Å². The minimum atomic E-state index is 0.0211. The highest BCUT2D eigenvalue weighted by atomic mass is 32.1. The zero-order valence-corrected chi connectivity index (χ0v) is 20.1. The maximum atomic E-state index is 12.8. The van der Waals surface area contributed by atoms with Crippen LogP contribution in [0, 0.1) is 5.41 Å². The van der Waals surface area contributed by atoms with Crippen molar-refractivity contribution >= 4 is 40.4 Å². The van der Waals surface area contributed by atoms with E-state index in [9.17, 15) is 9.59 Å². The molecule has 5 nitrogen and oxygen atoms in total. The smallest absolute Gasteiger partial charge is 0.263 e. The fourth-order valence-electron chi connectivity index (χ4n) is 5.07. The molecule has 0 radical (unpaired) electrons. The van der Waals surface area contributed by atoms with Gasteiger partial charge in [0.1, 0.15) is 0 Å². The first-order valence-corrected chi connectivity index (χ1v) is 12.8. The van der Waals surface area contributed by atoms with E-state index in [2.05, 4.69) is 16.3 Å². The molecule has 1 amide bonds. The van der Waals surface area contributed by atoms with Gasteiger partial charge in [-0.3, -0.25) is 9.59 Å². The van der Waals surface area contributed by atoms with Crippen molar-refractivity contribution in [1.29, 1.82) is 0 Å². The number of rotatable bonds is 5. The summed E-state index contributed by atoms with van der Waals surface area (Å²) in [6.45, 7) is 6.05. The summed E-state index contributed by atoms with van der Waals surface area (Å²) in [5.74, 6) is 0.0872. The van der Waals surface area contributed by atoms with E-state index in [0.29, 0.717) is 9.75 Å². The molecular formula is C24H33N3O2S2. The Morgan fingerprint density at radius 2 is 1.81 bits per heavy atom. The molecule has 0 bridgehead atoms. The molecule has 4 rings (SSSR count). The van der Waals surface area contributed by atoms with E-state index in [1.165, 1.54) is 37.0 Å². The number of amides is 1. The van der Waals surface area contributed by atoms with Crippen molar-refractivity contribution in [2.45, 2.75) is 58.3 Å². The molecule has 1 aliphatic carbocycles. The van der Waals surface area contributed by atoms with Crippen LogP contribution in [-0.2, 0) is 0 Å². The van der Waals surface area contributed by atoms with Crippen LogP contribution in [0.15, 0.2) is 23.8 Å². The standard InChI is InChI=1S/C24H33N3O2S2/c1-18(28)20-7-8-21(31-20)22(29)26-14-10-24(11-15-26)12-16-27(17-24)23(30)25-13-9-19-5-3-2-4-6-19/h5,7-8H,2-4,6,9-17H2,1H3,(H,25,30). The van der Waals surface area contributed by atoms with Crippen molar-refractivity contribution in [2.24, 2.45) is 5.41 Å². The summed E-state index contributed by atoms with van der Waals surface area (Å²) >= 11 is 7.00. The normalized spacial score (nSPS) is 20.6. The number of nitrogens with zero attached hydrogens (tertiary/aromatic N) is 2. The van der Waals surface area contributed by atoms with Crippen LogP contribution in [-0.4, -0.2) is 59.3 Å². The molecule has 1 spiro atoms. The van der Waals surface area contributed by atoms with E-state index in [1.807, 2.05) is 4.90 Å². The number of piperidine rings is 1. The van der Waals surface area contributed by atoms with Gasteiger partial charge in [-0.2, -0.15) is 0 Å². The Hall–Kier alpha value is -1.73. The molecule has 0 atom stereocenters. The maximum Gasteiger partial charge on any atom is 0.263 e. The van der Waals surface area contributed by atoms with Crippen LogP contribution >= 0.6 is 23.6 Å². The number of thiophene rings is 1. The van der Waals surface area contributed by atoms with Gasteiger partial charge in [-0.25, -0.2) is 0 Å². The topological polar surface area (TPSA) is 52.7 Å². The fourth-order valence-corrected chi connectivity index (χ4v) is 6.20. The number of hydrogen-bond donors (Lipinski definition) is 1. The molecule has 0 unspecified atom stereocenters. The molecule has 2 fully saturated rings. The van der Waals surface area contributed by atoms with Crippen LogP contribution < -0.4 is 5.32 Å². The second kappa shape index (κ2) is 9.82. The summed E-state index contributed by atoms with van der Waals surface area (Å²) in [5, 5.41) is 4.37. The van der Waals surface area contributed by atoms with Gasteiger partial charge in [0.15, 0.2) is 10.9 Å². The van der Waals surface area contributed by atoms with Gasteiger partial charge in [-0.1, -0.05) is 11.6 Å². The van der Waals surface area contributed by atoms with E-state index in [0.717, 1.165) is 63.5 Å². The van der Waals surface area contributed by atoms with Crippen LogP contribution in [0.2, 0.25) is 0 Å². The SMILES string of the molecule is CC(=O)c1ccc(C(=O)N2CCC3(CC2)CCN(C(=S)NCCC2=CCCCC2)C3)s1. The highest BCUT2D eigenvalue weighted by Gasteiger charge is 2.42. The summed E-state index contributed by atoms with van der Waals surface area (Å²) in [6.07, 6.45) is 11.8. The number of likely N-dealkylation sites (tertiary alicyclic amines) is 2. The third-order valence-electron chi connectivity index (χ3n) is 7.11. The molecule has 1 aromatic rings. The average molecular weight is 460 g/mol. The highest BCUT2D eigenvalue weighted by Crippen LogP contribution is 2.40. The van der Waals surface area contributed by atoms with Crippen LogP contribution in [0.5, 0.6) is 0 Å². The van der Waals surface area contributed by atoms with Gasteiger partial charge in [-0.15, -0.1) is 11.3 Å². The number of allylic oxidation sites excluding steroid dienone is 1. The Morgan fingerprint density at radius 1 is 1.10 bits per heavy atom. The molecular weight excluding hydrogens is 426 g/mol. The minimum absolute atomic E-state index is 0.0211. The molecule has 168 valence electrons. The minimum Gasteiger partial charge on any atom is -0.362 e. The largest absolute Gasteiger partial charge is 0.362 e. The number of carbonyl (C=O) groups is 2. The Balaban J connectivity index is 1.23. The summed E-state index contributed by atoms with van der Waals surface area (Å²) < 4.78 is 0. The molecule has 0 saturated carbocycles. The monoisotopic (exact) mass is 459 g/mol. The summed E-state index contributed by atoms with van der Waals surface area (Å²) in [4.78, 5) is 30.0. The van der Waals surface area contributed by atoms with E-state index in [1.54, 1.807) is 24.6 Å². The first-order chi connectivity index (χ1) is 15.0. The van der Waals surface area contributed by atoms with E-state index < -0.39 is 0 Å². The predicted octanol–water partition coefficient (Wildman–Crippen LogP) is 4.64. The van der Waals surface area contributed by atoms with Gasteiger partial charge in [0, 0.05) is 32.7 Å².